The predicted octanol–water partition coefficient (Wildman–Crippen LogP) is 3.64. The molecule has 0 aliphatic carbocycles. The van der Waals surface area contributed by atoms with Crippen LogP contribution in [0.1, 0.15) is 37.3 Å². The number of nitrogens with one attached hydrogen (secondary N) is 1. The summed E-state index contributed by atoms with van der Waals surface area (Å²) in [6.07, 6.45) is 2.29. The summed E-state index contributed by atoms with van der Waals surface area (Å²) < 4.78 is 5.41. The van der Waals surface area contributed by atoms with Crippen molar-refractivity contribution in [2.24, 2.45) is 5.10 Å². The maximum atomic E-state index is 11.8. The van der Waals surface area contributed by atoms with Gasteiger partial charge in [-0.1, -0.05) is 38.1 Å². The Morgan fingerprint density at radius 2 is 1.96 bits per heavy atom. The molecule has 1 amide bonds. The van der Waals surface area contributed by atoms with Crippen LogP contribution in [-0.4, -0.2) is 23.7 Å². The molecule has 0 aliphatic heterocycles. The third-order valence-electron chi connectivity index (χ3n) is 3.96. The molecular weight excluding hydrogens is 334 g/mol. The minimum absolute atomic E-state index is 0.0804. The summed E-state index contributed by atoms with van der Waals surface area (Å²) in [5.41, 5.74) is 3.73. The van der Waals surface area contributed by atoms with Gasteiger partial charge in [0.05, 0.1) is 16.7 Å². The number of para-hydroxylation sites is 1. The molecule has 0 heterocycles. The zero-order valence-corrected chi connectivity index (χ0v) is 14.7. The number of nitro benzene ring substituents is 1. The number of nitrogens with zero attached hydrogens (tertiary/aromatic N) is 2. The van der Waals surface area contributed by atoms with Crippen LogP contribution < -0.4 is 10.2 Å². The van der Waals surface area contributed by atoms with Crippen LogP contribution >= 0.6 is 0 Å². The Morgan fingerprint density at radius 3 is 2.62 bits per heavy atom. The van der Waals surface area contributed by atoms with Crippen molar-refractivity contribution in [2.75, 3.05) is 6.61 Å². The van der Waals surface area contributed by atoms with Crippen LogP contribution in [0.3, 0.4) is 0 Å². The van der Waals surface area contributed by atoms with Crippen LogP contribution in [0.5, 0.6) is 5.75 Å². The van der Waals surface area contributed by atoms with Gasteiger partial charge in [0, 0.05) is 6.07 Å². The van der Waals surface area contributed by atoms with Crippen molar-refractivity contribution >= 4 is 17.8 Å². The van der Waals surface area contributed by atoms with Crippen molar-refractivity contribution in [3.05, 3.63) is 69.8 Å². The molecule has 0 aliphatic rings. The summed E-state index contributed by atoms with van der Waals surface area (Å²) in [5, 5.41) is 14.6. The molecule has 0 saturated carbocycles. The number of ether oxygens (including phenoxy) is 1. The fraction of sp³-hybridized carbons (Fsp3) is 0.263. The molecule has 1 atom stereocenters. The van der Waals surface area contributed by atoms with Gasteiger partial charge >= 0.3 is 0 Å². The third kappa shape index (κ3) is 5.41. The molecule has 7 heteroatoms. The van der Waals surface area contributed by atoms with Gasteiger partial charge in [-0.2, -0.15) is 5.10 Å². The van der Waals surface area contributed by atoms with Crippen molar-refractivity contribution in [3.8, 4) is 5.75 Å². The maximum absolute atomic E-state index is 11.8. The SMILES string of the molecule is CCC(C)c1ccc(OCC(=O)N/N=C/c2ccccc2[N+](=O)[O-])cc1. The average molecular weight is 355 g/mol. The second-order valence-electron chi connectivity index (χ2n) is 5.78. The molecular formula is C19H21N3O4. The topological polar surface area (TPSA) is 93.8 Å². The largest absolute Gasteiger partial charge is 0.484 e. The molecule has 0 saturated heterocycles. The maximum Gasteiger partial charge on any atom is 0.278 e. The van der Waals surface area contributed by atoms with Gasteiger partial charge in [-0.3, -0.25) is 14.9 Å². The van der Waals surface area contributed by atoms with Crippen LogP contribution in [0.15, 0.2) is 53.6 Å². The van der Waals surface area contributed by atoms with E-state index in [9.17, 15) is 14.9 Å². The van der Waals surface area contributed by atoms with Gasteiger partial charge in [-0.15, -0.1) is 0 Å². The van der Waals surface area contributed by atoms with E-state index < -0.39 is 10.8 Å². The molecule has 0 aromatic heterocycles. The van der Waals surface area contributed by atoms with Crippen molar-refractivity contribution in [1.29, 1.82) is 0 Å². The standard InChI is InChI=1S/C19H21N3O4/c1-3-14(2)15-8-10-17(11-9-15)26-13-19(23)21-20-12-16-6-4-5-7-18(16)22(24)25/h4-12,14H,3,13H2,1-2H3,(H,21,23)/b20-12+. The Balaban J connectivity index is 1.85. The summed E-state index contributed by atoms with van der Waals surface area (Å²) in [6.45, 7) is 4.08. The zero-order valence-electron chi connectivity index (χ0n) is 14.7. The van der Waals surface area contributed by atoms with Gasteiger partial charge in [0.2, 0.25) is 0 Å². The predicted molar refractivity (Wildman–Crippen MR) is 99.5 cm³/mol. The number of benzene rings is 2. The molecule has 0 spiro atoms. The second-order valence-corrected chi connectivity index (χ2v) is 5.78. The molecule has 0 bridgehead atoms. The first-order chi connectivity index (χ1) is 12.5. The Hall–Kier alpha value is -3.22. The van der Waals surface area contributed by atoms with Crippen LogP contribution in [0.2, 0.25) is 0 Å². The lowest BCUT2D eigenvalue weighted by Gasteiger charge is -2.10. The highest BCUT2D eigenvalue weighted by molar-refractivity contribution is 5.86. The number of hydrazone groups is 1. The molecule has 2 rings (SSSR count). The monoisotopic (exact) mass is 355 g/mol. The van der Waals surface area contributed by atoms with Crippen molar-refractivity contribution in [3.63, 3.8) is 0 Å². The van der Waals surface area contributed by atoms with Gasteiger partial charge in [-0.05, 0) is 36.1 Å². The van der Waals surface area contributed by atoms with Gasteiger partial charge in [0.1, 0.15) is 5.75 Å². The van der Waals surface area contributed by atoms with E-state index in [4.69, 9.17) is 4.74 Å². The second kappa shape index (κ2) is 9.31. The van der Waals surface area contributed by atoms with E-state index in [0.29, 0.717) is 17.2 Å². The van der Waals surface area contributed by atoms with Gasteiger partial charge in [-0.25, -0.2) is 5.43 Å². The fourth-order valence-corrected chi connectivity index (χ4v) is 2.25. The number of nitro groups is 1. The van der Waals surface area contributed by atoms with Crippen molar-refractivity contribution in [1.82, 2.24) is 5.43 Å². The molecule has 2 aromatic rings. The van der Waals surface area contributed by atoms with Crippen molar-refractivity contribution in [2.45, 2.75) is 26.2 Å². The average Bonchev–Trinajstić information content (AvgIpc) is 2.66. The van der Waals surface area contributed by atoms with Crippen molar-refractivity contribution < 1.29 is 14.5 Å². The van der Waals surface area contributed by atoms with E-state index in [1.165, 1.54) is 17.8 Å². The lowest BCUT2D eigenvalue weighted by Crippen LogP contribution is -2.24. The highest BCUT2D eigenvalue weighted by atomic mass is 16.6. The number of carbonyl (C=O) groups is 1. The quantitative estimate of drug-likeness (QED) is 0.444. The summed E-state index contributed by atoms with van der Waals surface area (Å²) in [6, 6.07) is 13.7. The highest BCUT2D eigenvalue weighted by Gasteiger charge is 2.10. The molecule has 2 aromatic carbocycles. The third-order valence-corrected chi connectivity index (χ3v) is 3.96. The molecule has 136 valence electrons. The van der Waals surface area contributed by atoms with Crippen LogP contribution in [-0.2, 0) is 4.79 Å². The first kappa shape index (κ1) is 19.1. The summed E-state index contributed by atoms with van der Waals surface area (Å²) in [4.78, 5) is 22.2. The summed E-state index contributed by atoms with van der Waals surface area (Å²) in [5.74, 6) is 0.615. The number of amides is 1. The number of rotatable bonds is 8. The van der Waals surface area contributed by atoms with Crippen LogP contribution in [0, 0.1) is 10.1 Å². The zero-order chi connectivity index (χ0) is 18.9. The first-order valence-corrected chi connectivity index (χ1v) is 8.29. The molecule has 26 heavy (non-hydrogen) atoms. The van der Waals surface area contributed by atoms with Crippen LogP contribution in [0.25, 0.3) is 0 Å². The molecule has 0 radical (unpaired) electrons. The minimum Gasteiger partial charge on any atom is -0.484 e. The molecule has 1 unspecified atom stereocenters. The fourth-order valence-electron chi connectivity index (χ4n) is 2.25. The summed E-state index contributed by atoms with van der Waals surface area (Å²) in [7, 11) is 0. The Morgan fingerprint density at radius 1 is 1.27 bits per heavy atom. The Labute approximate surface area is 151 Å². The van der Waals surface area contributed by atoms with Gasteiger partial charge in [0.25, 0.3) is 11.6 Å². The Bertz CT molecular complexity index is 788. The van der Waals surface area contributed by atoms with Gasteiger partial charge < -0.3 is 4.74 Å². The molecule has 7 nitrogen and oxygen atoms in total. The van der Waals surface area contributed by atoms with E-state index >= 15 is 0 Å². The molecule has 0 fully saturated rings. The minimum atomic E-state index is -0.505. The number of carbonyl (C=O) groups excluding carboxylic acids is 1. The van der Waals surface area contributed by atoms with Crippen LogP contribution in [0.4, 0.5) is 5.69 Å². The van der Waals surface area contributed by atoms with E-state index in [1.54, 1.807) is 18.2 Å². The highest BCUT2D eigenvalue weighted by Crippen LogP contribution is 2.21. The van der Waals surface area contributed by atoms with Gasteiger partial charge in [0.15, 0.2) is 6.61 Å². The first-order valence-electron chi connectivity index (χ1n) is 8.29. The van der Waals surface area contributed by atoms with E-state index in [2.05, 4.69) is 24.4 Å². The lowest BCUT2D eigenvalue weighted by atomic mass is 9.99. The lowest BCUT2D eigenvalue weighted by molar-refractivity contribution is -0.385. The number of hydrogen-bond acceptors (Lipinski definition) is 5. The summed E-state index contributed by atoms with van der Waals surface area (Å²) >= 11 is 0. The van der Waals surface area contributed by atoms with E-state index in [1.807, 2.05) is 24.3 Å². The van der Waals surface area contributed by atoms with E-state index in [0.717, 1.165) is 6.42 Å². The van der Waals surface area contributed by atoms with E-state index in [-0.39, 0.29) is 12.3 Å². The normalized spacial score (nSPS) is 11.9. The molecule has 1 N–H and O–H groups in total. The Kier molecular flexibility index (Phi) is 6.84. The smallest absolute Gasteiger partial charge is 0.278 e. The number of hydrogen-bond donors (Lipinski definition) is 1.